The third-order valence-electron chi connectivity index (χ3n) is 4.99. The van der Waals surface area contributed by atoms with Crippen molar-refractivity contribution in [3.8, 4) is 5.75 Å². The van der Waals surface area contributed by atoms with Crippen LogP contribution in [0.25, 0.3) is 0 Å². The minimum absolute atomic E-state index is 0.00513. The number of nitrogens with zero attached hydrogens (tertiary/aromatic N) is 1. The van der Waals surface area contributed by atoms with Gasteiger partial charge < -0.3 is 14.8 Å². The monoisotopic (exact) mass is 486 g/mol. The standard InChI is InChI=1S/C21H24Cl2N2O5S/c1-14(17-5-4-16(22)13-18(17)23)24-21(26)12-15-3-6-19(29-2)20(11-15)31(27,28)25-7-9-30-10-8-25/h3-6,11,13-14H,7-10,12H2,1-2H3,(H,24,26). The van der Waals surface area contributed by atoms with Gasteiger partial charge in [-0.05, 0) is 42.3 Å². The molecule has 1 fully saturated rings. The minimum atomic E-state index is -3.77. The number of hydrogen-bond acceptors (Lipinski definition) is 5. The number of amides is 1. The molecule has 1 saturated heterocycles. The van der Waals surface area contributed by atoms with Crippen molar-refractivity contribution in [2.45, 2.75) is 24.3 Å². The van der Waals surface area contributed by atoms with Gasteiger partial charge in [0.1, 0.15) is 10.6 Å². The van der Waals surface area contributed by atoms with Gasteiger partial charge in [-0.1, -0.05) is 35.3 Å². The number of sulfonamides is 1. The van der Waals surface area contributed by atoms with Crippen LogP contribution < -0.4 is 10.1 Å². The molecule has 7 nitrogen and oxygen atoms in total. The molecule has 1 atom stereocenters. The maximum atomic E-state index is 13.1. The topological polar surface area (TPSA) is 84.9 Å². The van der Waals surface area contributed by atoms with E-state index in [2.05, 4.69) is 5.32 Å². The van der Waals surface area contributed by atoms with E-state index >= 15 is 0 Å². The van der Waals surface area contributed by atoms with Crippen LogP contribution in [0.2, 0.25) is 10.0 Å². The highest BCUT2D eigenvalue weighted by molar-refractivity contribution is 7.89. The Morgan fingerprint density at radius 3 is 2.55 bits per heavy atom. The minimum Gasteiger partial charge on any atom is -0.495 e. The molecular formula is C21H24Cl2N2O5S. The molecule has 0 bridgehead atoms. The highest BCUT2D eigenvalue weighted by Gasteiger charge is 2.29. The van der Waals surface area contributed by atoms with E-state index in [1.807, 2.05) is 6.92 Å². The molecule has 1 unspecified atom stereocenters. The van der Waals surface area contributed by atoms with Crippen molar-refractivity contribution in [1.82, 2.24) is 9.62 Å². The number of carbonyl (C=O) groups is 1. The maximum Gasteiger partial charge on any atom is 0.246 e. The number of carbonyl (C=O) groups excluding carboxylic acids is 1. The van der Waals surface area contributed by atoms with Crippen molar-refractivity contribution in [2.24, 2.45) is 0 Å². The van der Waals surface area contributed by atoms with E-state index in [0.717, 1.165) is 5.56 Å². The normalized spacial score (nSPS) is 16.0. The van der Waals surface area contributed by atoms with Crippen LogP contribution >= 0.6 is 23.2 Å². The van der Waals surface area contributed by atoms with E-state index in [4.69, 9.17) is 32.7 Å². The van der Waals surface area contributed by atoms with E-state index in [9.17, 15) is 13.2 Å². The average Bonchev–Trinajstić information content (AvgIpc) is 2.74. The molecule has 1 N–H and O–H groups in total. The number of rotatable bonds is 7. The average molecular weight is 487 g/mol. The second-order valence-corrected chi connectivity index (χ2v) is 9.88. The first-order chi connectivity index (χ1) is 14.7. The van der Waals surface area contributed by atoms with Gasteiger partial charge in [-0.25, -0.2) is 8.42 Å². The zero-order valence-corrected chi connectivity index (χ0v) is 19.6. The summed E-state index contributed by atoms with van der Waals surface area (Å²) >= 11 is 12.1. The molecule has 0 aromatic heterocycles. The fourth-order valence-electron chi connectivity index (χ4n) is 3.37. The molecule has 1 aliphatic rings. The molecule has 0 spiro atoms. The summed E-state index contributed by atoms with van der Waals surface area (Å²) in [6.07, 6.45) is 0.00513. The summed E-state index contributed by atoms with van der Waals surface area (Å²) in [4.78, 5) is 12.6. The largest absolute Gasteiger partial charge is 0.495 e. The lowest BCUT2D eigenvalue weighted by Crippen LogP contribution is -2.40. The zero-order valence-electron chi connectivity index (χ0n) is 17.2. The first kappa shape index (κ1) is 23.8. The Morgan fingerprint density at radius 1 is 1.19 bits per heavy atom. The number of morpholine rings is 1. The number of hydrogen-bond donors (Lipinski definition) is 1. The molecule has 10 heteroatoms. The van der Waals surface area contributed by atoms with Gasteiger partial charge in [-0.15, -0.1) is 0 Å². The van der Waals surface area contributed by atoms with Gasteiger partial charge >= 0.3 is 0 Å². The summed E-state index contributed by atoms with van der Waals surface area (Å²) in [6, 6.07) is 9.48. The number of benzene rings is 2. The van der Waals surface area contributed by atoms with Gasteiger partial charge in [0.15, 0.2) is 0 Å². The Kier molecular flexibility index (Phi) is 7.82. The first-order valence-electron chi connectivity index (χ1n) is 9.71. The maximum absolute atomic E-state index is 13.1. The number of nitrogens with one attached hydrogen (secondary N) is 1. The Hall–Kier alpha value is -1.84. The Balaban J connectivity index is 1.77. The van der Waals surface area contributed by atoms with Crippen molar-refractivity contribution < 1.29 is 22.7 Å². The molecule has 0 radical (unpaired) electrons. The lowest BCUT2D eigenvalue weighted by atomic mass is 10.1. The lowest BCUT2D eigenvalue weighted by Gasteiger charge is -2.26. The summed E-state index contributed by atoms with van der Waals surface area (Å²) < 4.78 is 38.1. The second kappa shape index (κ2) is 10.2. The molecule has 1 heterocycles. The molecule has 168 valence electrons. The quantitative estimate of drug-likeness (QED) is 0.647. The smallest absolute Gasteiger partial charge is 0.246 e. The number of halogens is 2. The van der Waals surface area contributed by atoms with Gasteiger partial charge in [0.25, 0.3) is 0 Å². The fourth-order valence-corrected chi connectivity index (χ4v) is 5.55. The zero-order chi connectivity index (χ0) is 22.6. The van der Waals surface area contributed by atoms with E-state index in [0.29, 0.717) is 28.8 Å². The Labute approximate surface area is 192 Å². The van der Waals surface area contributed by atoms with Crippen LogP contribution in [0.4, 0.5) is 0 Å². The summed E-state index contributed by atoms with van der Waals surface area (Å²) in [7, 11) is -2.36. The molecule has 1 aliphatic heterocycles. The molecule has 0 aliphatic carbocycles. The van der Waals surface area contributed by atoms with Crippen molar-refractivity contribution >= 4 is 39.1 Å². The van der Waals surface area contributed by atoms with Crippen molar-refractivity contribution in [3.63, 3.8) is 0 Å². The third kappa shape index (κ3) is 5.70. The van der Waals surface area contributed by atoms with E-state index in [1.54, 1.807) is 30.3 Å². The second-order valence-electron chi connectivity index (χ2n) is 7.13. The Bertz CT molecular complexity index is 1060. The molecule has 1 amide bonds. The van der Waals surface area contributed by atoms with Gasteiger partial charge in [-0.2, -0.15) is 4.31 Å². The molecule has 2 aromatic carbocycles. The highest BCUT2D eigenvalue weighted by atomic mass is 35.5. The van der Waals surface area contributed by atoms with Gasteiger partial charge in [0.05, 0.1) is 32.8 Å². The fraction of sp³-hybridized carbons (Fsp3) is 0.381. The first-order valence-corrected chi connectivity index (χ1v) is 11.9. The van der Waals surface area contributed by atoms with Crippen LogP contribution in [0, 0.1) is 0 Å². The van der Waals surface area contributed by atoms with Crippen molar-refractivity contribution in [2.75, 3.05) is 33.4 Å². The third-order valence-corrected chi connectivity index (χ3v) is 7.47. The van der Waals surface area contributed by atoms with Crippen LogP contribution in [0.3, 0.4) is 0 Å². The van der Waals surface area contributed by atoms with Gasteiger partial charge in [0, 0.05) is 23.1 Å². The van der Waals surface area contributed by atoms with Crippen LogP contribution in [0.15, 0.2) is 41.3 Å². The predicted octanol–water partition coefficient (Wildman–Crippen LogP) is 3.44. The summed E-state index contributed by atoms with van der Waals surface area (Å²) in [5.41, 5.74) is 1.30. The van der Waals surface area contributed by atoms with Crippen LogP contribution in [0.1, 0.15) is 24.1 Å². The summed E-state index contributed by atoms with van der Waals surface area (Å²) in [5.74, 6) is -0.0321. The van der Waals surface area contributed by atoms with E-state index < -0.39 is 10.0 Å². The molecule has 31 heavy (non-hydrogen) atoms. The SMILES string of the molecule is COc1ccc(CC(=O)NC(C)c2ccc(Cl)cc2Cl)cc1S(=O)(=O)N1CCOCC1. The number of ether oxygens (including phenoxy) is 2. The van der Waals surface area contributed by atoms with Gasteiger partial charge in [-0.3, -0.25) is 4.79 Å². The predicted molar refractivity (Wildman–Crippen MR) is 119 cm³/mol. The summed E-state index contributed by atoms with van der Waals surface area (Å²) in [6.45, 7) is 3.05. The molecule has 3 rings (SSSR count). The molecular weight excluding hydrogens is 463 g/mol. The molecule has 0 saturated carbocycles. The highest BCUT2D eigenvalue weighted by Crippen LogP contribution is 2.29. The lowest BCUT2D eigenvalue weighted by molar-refractivity contribution is -0.121. The van der Waals surface area contributed by atoms with E-state index in [1.165, 1.54) is 17.5 Å². The van der Waals surface area contributed by atoms with Crippen molar-refractivity contribution in [3.05, 3.63) is 57.6 Å². The van der Waals surface area contributed by atoms with Crippen LogP contribution in [-0.4, -0.2) is 52.0 Å². The van der Waals surface area contributed by atoms with Crippen LogP contribution in [-0.2, 0) is 26.0 Å². The van der Waals surface area contributed by atoms with Gasteiger partial charge in [0.2, 0.25) is 15.9 Å². The van der Waals surface area contributed by atoms with Crippen molar-refractivity contribution in [1.29, 1.82) is 0 Å². The summed E-state index contributed by atoms with van der Waals surface area (Å²) in [5, 5.41) is 3.86. The molecule has 2 aromatic rings. The Morgan fingerprint density at radius 2 is 1.90 bits per heavy atom. The number of methoxy groups -OCH3 is 1. The van der Waals surface area contributed by atoms with E-state index in [-0.39, 0.29) is 42.1 Å². The van der Waals surface area contributed by atoms with Crippen LogP contribution in [0.5, 0.6) is 5.75 Å².